The van der Waals surface area contributed by atoms with Crippen LogP contribution in [0.1, 0.15) is 52.5 Å². The molecule has 182 valence electrons. The summed E-state index contributed by atoms with van der Waals surface area (Å²) in [5.74, 6) is 6.95. The predicted octanol–water partition coefficient (Wildman–Crippen LogP) is 2.72. The van der Waals surface area contributed by atoms with Crippen molar-refractivity contribution in [3.8, 4) is 17.6 Å². The fourth-order valence-electron chi connectivity index (χ4n) is 3.85. The summed E-state index contributed by atoms with van der Waals surface area (Å²) in [5.41, 5.74) is 0.671. The fourth-order valence-corrected chi connectivity index (χ4v) is 5.67. The standard InChI is InChI=1S/C25H36N2O5S/c1-17(2)6-7-20-10-11-24-22(12-20)32-23(15-26(5)25(29)13-21-8-9-21)18(3)14-27(19(4)16-28)33(24,30)31/h10-12,17-19,21,23,28H,8-9,13-16H2,1-5H3/t18-,19-,23-/m0/s1. The first kappa shape index (κ1) is 25.5. The molecule has 1 fully saturated rings. The Labute approximate surface area is 198 Å². The van der Waals surface area contributed by atoms with E-state index in [1.54, 1.807) is 31.0 Å². The SMILES string of the molecule is CC(C)C#Cc1ccc2c(c1)O[C@@H](CN(C)C(=O)CC1CC1)[C@@H](C)CN([C@@H](C)CO)S2(=O)=O. The molecule has 0 spiro atoms. The minimum Gasteiger partial charge on any atom is -0.487 e. The van der Waals surface area contributed by atoms with Crippen molar-refractivity contribution in [3.05, 3.63) is 23.8 Å². The van der Waals surface area contributed by atoms with Crippen LogP contribution in [0.15, 0.2) is 23.1 Å². The first-order valence-electron chi connectivity index (χ1n) is 11.7. The minimum atomic E-state index is -3.89. The number of ether oxygens (including phenoxy) is 1. The van der Waals surface area contributed by atoms with E-state index >= 15 is 0 Å². The maximum Gasteiger partial charge on any atom is 0.247 e. The van der Waals surface area contributed by atoms with Gasteiger partial charge in [-0.2, -0.15) is 4.31 Å². The second kappa shape index (κ2) is 10.5. The molecule has 2 aliphatic rings. The molecule has 8 heteroatoms. The maximum absolute atomic E-state index is 13.5. The molecule has 0 radical (unpaired) electrons. The molecule has 1 amide bonds. The fraction of sp³-hybridized carbons (Fsp3) is 0.640. The zero-order valence-electron chi connectivity index (χ0n) is 20.2. The molecule has 1 aromatic rings. The predicted molar refractivity (Wildman–Crippen MR) is 127 cm³/mol. The number of hydrogen-bond acceptors (Lipinski definition) is 5. The number of sulfonamides is 1. The Morgan fingerprint density at radius 2 is 2.00 bits per heavy atom. The highest BCUT2D eigenvalue weighted by molar-refractivity contribution is 7.89. The topological polar surface area (TPSA) is 87.2 Å². The molecule has 1 aliphatic heterocycles. The van der Waals surface area contributed by atoms with Gasteiger partial charge in [0.15, 0.2) is 0 Å². The van der Waals surface area contributed by atoms with E-state index in [0.29, 0.717) is 24.4 Å². The van der Waals surface area contributed by atoms with Gasteiger partial charge < -0.3 is 14.7 Å². The molecule has 3 atom stereocenters. The van der Waals surface area contributed by atoms with E-state index < -0.39 is 22.2 Å². The largest absolute Gasteiger partial charge is 0.487 e. The number of likely N-dealkylation sites (N-methyl/N-ethyl adjacent to an activating group) is 1. The van der Waals surface area contributed by atoms with Gasteiger partial charge in [0.25, 0.3) is 0 Å². The lowest BCUT2D eigenvalue weighted by molar-refractivity contribution is -0.131. The van der Waals surface area contributed by atoms with Crippen LogP contribution in [0, 0.1) is 29.6 Å². The van der Waals surface area contributed by atoms with Crippen molar-refractivity contribution in [1.82, 2.24) is 9.21 Å². The van der Waals surface area contributed by atoms with Crippen molar-refractivity contribution < 1.29 is 23.1 Å². The molecule has 1 aliphatic carbocycles. The lowest BCUT2D eigenvalue weighted by Crippen LogP contribution is -2.50. The van der Waals surface area contributed by atoms with Crippen molar-refractivity contribution in [2.75, 3.05) is 26.7 Å². The zero-order chi connectivity index (χ0) is 24.3. The van der Waals surface area contributed by atoms with Crippen molar-refractivity contribution in [2.45, 2.75) is 64.0 Å². The molecule has 0 saturated heterocycles. The molecule has 1 aromatic carbocycles. The summed E-state index contributed by atoms with van der Waals surface area (Å²) in [7, 11) is -2.12. The highest BCUT2D eigenvalue weighted by Gasteiger charge is 2.38. The van der Waals surface area contributed by atoms with Crippen molar-refractivity contribution >= 4 is 15.9 Å². The molecule has 3 rings (SSSR count). The van der Waals surface area contributed by atoms with Gasteiger partial charge in [0.1, 0.15) is 16.7 Å². The van der Waals surface area contributed by atoms with E-state index in [9.17, 15) is 18.3 Å². The van der Waals surface area contributed by atoms with Crippen molar-refractivity contribution in [1.29, 1.82) is 0 Å². The van der Waals surface area contributed by atoms with Crippen LogP contribution in [0.2, 0.25) is 0 Å². The Morgan fingerprint density at radius 1 is 1.30 bits per heavy atom. The zero-order valence-corrected chi connectivity index (χ0v) is 21.1. The maximum atomic E-state index is 13.5. The number of carbonyl (C=O) groups excluding carboxylic acids is 1. The Balaban J connectivity index is 1.99. The Bertz CT molecular complexity index is 1020. The van der Waals surface area contributed by atoms with E-state index in [4.69, 9.17) is 4.74 Å². The highest BCUT2D eigenvalue weighted by Crippen LogP contribution is 2.35. The van der Waals surface area contributed by atoms with Crippen LogP contribution in [0.3, 0.4) is 0 Å². The first-order valence-corrected chi connectivity index (χ1v) is 13.2. The van der Waals surface area contributed by atoms with Gasteiger partial charge in [-0.15, -0.1) is 0 Å². The van der Waals surface area contributed by atoms with Crippen molar-refractivity contribution in [3.63, 3.8) is 0 Å². The third-order valence-electron chi connectivity index (χ3n) is 6.21. The molecular formula is C25H36N2O5S. The quantitative estimate of drug-likeness (QED) is 0.638. The van der Waals surface area contributed by atoms with Gasteiger partial charge in [0.2, 0.25) is 15.9 Å². The van der Waals surface area contributed by atoms with E-state index in [-0.39, 0.29) is 41.5 Å². The molecule has 1 N–H and O–H groups in total. The molecule has 7 nitrogen and oxygen atoms in total. The van der Waals surface area contributed by atoms with Gasteiger partial charge in [0.05, 0.1) is 13.2 Å². The van der Waals surface area contributed by atoms with Gasteiger partial charge in [-0.25, -0.2) is 8.42 Å². The average Bonchev–Trinajstić information content (AvgIpc) is 3.57. The van der Waals surface area contributed by atoms with E-state index in [1.165, 1.54) is 10.4 Å². The molecule has 1 heterocycles. The number of benzene rings is 1. The number of fused-ring (bicyclic) bond motifs is 1. The van der Waals surface area contributed by atoms with Crippen LogP contribution in [0.5, 0.6) is 5.75 Å². The summed E-state index contributed by atoms with van der Waals surface area (Å²) in [6, 6.07) is 4.29. The molecule has 0 unspecified atom stereocenters. The second-order valence-electron chi connectivity index (χ2n) is 9.75. The monoisotopic (exact) mass is 476 g/mol. The third kappa shape index (κ3) is 6.28. The number of aliphatic hydroxyl groups excluding tert-OH is 1. The van der Waals surface area contributed by atoms with Crippen LogP contribution in [-0.4, -0.2) is 67.5 Å². The van der Waals surface area contributed by atoms with Crippen LogP contribution >= 0.6 is 0 Å². The summed E-state index contributed by atoms with van der Waals surface area (Å²) >= 11 is 0. The molecule has 1 saturated carbocycles. The molecular weight excluding hydrogens is 440 g/mol. The number of nitrogens with zero attached hydrogens (tertiary/aromatic N) is 2. The Kier molecular flexibility index (Phi) is 8.09. The summed E-state index contributed by atoms with van der Waals surface area (Å²) in [6.07, 6.45) is 2.35. The normalized spacial score (nSPS) is 23.4. The molecule has 0 aromatic heterocycles. The first-order chi connectivity index (χ1) is 15.5. The van der Waals surface area contributed by atoms with Crippen LogP contribution < -0.4 is 4.74 Å². The number of hydrogen-bond donors (Lipinski definition) is 1. The Hall–Kier alpha value is -2.08. The highest BCUT2D eigenvalue weighted by atomic mass is 32.2. The van der Waals surface area contributed by atoms with E-state index in [0.717, 1.165) is 12.8 Å². The second-order valence-corrected chi connectivity index (χ2v) is 11.6. The summed E-state index contributed by atoms with van der Waals surface area (Å²) in [6.45, 7) is 7.84. The van der Waals surface area contributed by atoms with Gasteiger partial charge in [-0.3, -0.25) is 4.79 Å². The molecule has 33 heavy (non-hydrogen) atoms. The minimum absolute atomic E-state index is 0.0572. The number of rotatable bonds is 6. The van der Waals surface area contributed by atoms with E-state index in [1.807, 2.05) is 20.8 Å². The smallest absolute Gasteiger partial charge is 0.247 e. The summed E-state index contributed by atoms with van der Waals surface area (Å²) < 4.78 is 34.6. The van der Waals surface area contributed by atoms with Gasteiger partial charge in [-0.1, -0.05) is 32.6 Å². The van der Waals surface area contributed by atoms with Crippen molar-refractivity contribution in [2.24, 2.45) is 17.8 Å². The van der Waals surface area contributed by atoms with Gasteiger partial charge in [-0.05, 0) is 43.9 Å². The Morgan fingerprint density at radius 3 is 2.61 bits per heavy atom. The third-order valence-corrected chi connectivity index (χ3v) is 8.23. The van der Waals surface area contributed by atoms with Crippen LogP contribution in [-0.2, 0) is 14.8 Å². The number of amides is 1. The van der Waals surface area contributed by atoms with Gasteiger partial charge >= 0.3 is 0 Å². The lowest BCUT2D eigenvalue weighted by atomic mass is 10.0. The summed E-state index contributed by atoms with van der Waals surface area (Å²) in [5, 5.41) is 9.75. The number of carbonyl (C=O) groups is 1. The summed E-state index contributed by atoms with van der Waals surface area (Å²) in [4.78, 5) is 14.4. The van der Waals surface area contributed by atoms with E-state index in [2.05, 4.69) is 11.8 Å². The van der Waals surface area contributed by atoms with Crippen LogP contribution in [0.4, 0.5) is 0 Å². The lowest BCUT2D eigenvalue weighted by Gasteiger charge is -2.37. The molecule has 0 bridgehead atoms. The van der Waals surface area contributed by atoms with Crippen LogP contribution in [0.25, 0.3) is 0 Å². The average molecular weight is 477 g/mol. The number of aliphatic hydroxyl groups is 1. The van der Waals surface area contributed by atoms with Gasteiger partial charge in [0, 0.05) is 43.5 Å².